The Labute approximate surface area is 174 Å². The largest absolute Gasteiger partial charge is 0.358 e. The molecule has 2 saturated heterocycles. The number of rotatable bonds is 0. The van der Waals surface area contributed by atoms with Gasteiger partial charge >= 0.3 is 0 Å². The van der Waals surface area contributed by atoms with Crippen molar-refractivity contribution >= 4 is 5.78 Å². The van der Waals surface area contributed by atoms with E-state index in [1.807, 2.05) is 13.0 Å². The van der Waals surface area contributed by atoms with E-state index in [1.54, 1.807) is 0 Å². The van der Waals surface area contributed by atoms with Crippen molar-refractivity contribution in [1.82, 2.24) is 0 Å². The maximum atomic E-state index is 13.0. The molecule has 0 aromatic carbocycles. The molecule has 6 rings (SSSR count). The topological polar surface area (TPSA) is 48.1 Å². The molecule has 4 aliphatic carbocycles. The third kappa shape index (κ3) is 2.24. The van der Waals surface area contributed by atoms with Gasteiger partial charge in [0.25, 0.3) is 0 Å². The number of hydrogen-bond acceptors (Lipinski definition) is 4. The van der Waals surface area contributed by atoms with Crippen LogP contribution in [0.2, 0.25) is 0 Å². The zero-order chi connectivity index (χ0) is 20.3. The molecule has 0 bridgehead atoms. The Hall–Kier alpha value is -0.970. The zero-order valence-electron chi connectivity index (χ0n) is 18.3. The van der Waals surface area contributed by atoms with Crippen molar-refractivity contribution in [3.63, 3.8) is 0 Å². The Balaban J connectivity index is 1.29. The van der Waals surface area contributed by atoms with Crippen LogP contribution < -0.4 is 0 Å². The lowest BCUT2D eigenvalue weighted by atomic mass is 9.54. The van der Waals surface area contributed by atoms with Crippen LogP contribution in [0.1, 0.15) is 72.6 Å². The van der Waals surface area contributed by atoms with Gasteiger partial charge in [-0.15, -0.1) is 0 Å². The van der Waals surface area contributed by atoms with E-state index in [4.69, 9.17) is 14.2 Å². The average molecular weight is 399 g/mol. The predicted octanol–water partition coefficient (Wildman–Crippen LogP) is 4.73. The fraction of sp³-hybridized carbons (Fsp3) is 0.800. The Morgan fingerprint density at radius 1 is 1.10 bits per heavy atom. The Kier molecular flexibility index (Phi) is 3.52. The molecule has 4 heteroatoms. The van der Waals surface area contributed by atoms with Crippen molar-refractivity contribution in [2.75, 3.05) is 13.2 Å². The molecule has 1 spiro atoms. The van der Waals surface area contributed by atoms with E-state index >= 15 is 0 Å². The van der Waals surface area contributed by atoms with Gasteiger partial charge in [0.2, 0.25) is 0 Å². The first-order valence-corrected chi connectivity index (χ1v) is 11.6. The van der Waals surface area contributed by atoms with Crippen LogP contribution in [0.3, 0.4) is 0 Å². The average Bonchev–Trinajstić information content (AvgIpc) is 3.31. The quantitative estimate of drug-likeness (QED) is 0.336. The molecule has 29 heavy (non-hydrogen) atoms. The molecule has 0 radical (unpaired) electrons. The van der Waals surface area contributed by atoms with Crippen molar-refractivity contribution in [2.24, 2.45) is 22.7 Å². The summed E-state index contributed by atoms with van der Waals surface area (Å²) in [7, 11) is 0. The van der Waals surface area contributed by atoms with Crippen LogP contribution in [0.5, 0.6) is 0 Å². The summed E-state index contributed by atoms with van der Waals surface area (Å²) in [6.07, 6.45) is 11.2. The first kappa shape index (κ1) is 18.8. The van der Waals surface area contributed by atoms with E-state index in [0.717, 1.165) is 63.7 Å². The van der Waals surface area contributed by atoms with Gasteiger partial charge in [-0.25, -0.2) is 0 Å². The standard InChI is InChI=1S/C25H34O4/c1-5-16-12-19-17-6-9-23-13-24(27-14-21(2,3)15-28-24)10-11-25(23,29-23)18(17)7-8-22(19,4)20(16)26/h5,7,17,19H,6,8-15H2,1-4H3/b16-5+/t17-,19+,22+,23-,25-/m1/s1. The third-order valence-electron chi connectivity index (χ3n) is 9.30. The highest BCUT2D eigenvalue weighted by molar-refractivity contribution is 6.02. The number of ether oxygens (including phenoxy) is 3. The van der Waals surface area contributed by atoms with Crippen molar-refractivity contribution in [3.8, 4) is 0 Å². The monoisotopic (exact) mass is 398 g/mol. The highest BCUT2D eigenvalue weighted by Gasteiger charge is 2.79. The van der Waals surface area contributed by atoms with E-state index < -0.39 is 5.79 Å². The summed E-state index contributed by atoms with van der Waals surface area (Å²) in [6, 6.07) is 0. The molecule has 6 aliphatic rings. The summed E-state index contributed by atoms with van der Waals surface area (Å²) >= 11 is 0. The molecule has 2 heterocycles. The Morgan fingerprint density at radius 3 is 2.59 bits per heavy atom. The number of hydrogen-bond donors (Lipinski definition) is 0. The Bertz CT molecular complexity index is 843. The van der Waals surface area contributed by atoms with E-state index in [-0.39, 0.29) is 22.0 Å². The van der Waals surface area contributed by atoms with Crippen molar-refractivity contribution < 1.29 is 19.0 Å². The minimum absolute atomic E-state index is 0.0926. The molecule has 158 valence electrons. The van der Waals surface area contributed by atoms with Crippen molar-refractivity contribution in [2.45, 2.75) is 89.6 Å². The van der Waals surface area contributed by atoms with Crippen LogP contribution in [0.15, 0.2) is 23.3 Å². The van der Waals surface area contributed by atoms with Crippen LogP contribution in [-0.4, -0.2) is 36.0 Å². The summed E-state index contributed by atoms with van der Waals surface area (Å²) in [4.78, 5) is 13.0. The molecule has 5 fully saturated rings. The van der Waals surface area contributed by atoms with Gasteiger partial charge in [-0.1, -0.05) is 32.9 Å². The van der Waals surface area contributed by atoms with E-state index in [0.29, 0.717) is 17.6 Å². The summed E-state index contributed by atoms with van der Waals surface area (Å²) in [5.74, 6) is 0.872. The summed E-state index contributed by atoms with van der Waals surface area (Å²) in [5.41, 5.74) is 2.24. The lowest BCUT2D eigenvalue weighted by molar-refractivity contribution is -0.313. The van der Waals surface area contributed by atoms with Gasteiger partial charge in [0.15, 0.2) is 11.6 Å². The number of fused-ring (bicyclic) bond motifs is 3. The van der Waals surface area contributed by atoms with Crippen molar-refractivity contribution in [1.29, 1.82) is 0 Å². The van der Waals surface area contributed by atoms with Crippen LogP contribution in [-0.2, 0) is 19.0 Å². The van der Waals surface area contributed by atoms with Gasteiger partial charge in [-0.3, -0.25) is 4.79 Å². The van der Waals surface area contributed by atoms with Crippen LogP contribution in [0.25, 0.3) is 0 Å². The lowest BCUT2D eigenvalue weighted by Gasteiger charge is -2.51. The third-order valence-corrected chi connectivity index (χ3v) is 9.30. The van der Waals surface area contributed by atoms with Gasteiger partial charge < -0.3 is 14.2 Å². The SMILES string of the molecule is C/C=C1\C[C@H]2[C@@H]3CC[C@@]45CC6(CC[C@@]4(O5)C3=CC[C@]2(C)C1=O)OCC(C)(C)CO6. The van der Waals surface area contributed by atoms with Crippen molar-refractivity contribution in [3.05, 3.63) is 23.3 Å². The van der Waals surface area contributed by atoms with E-state index in [1.165, 1.54) is 5.57 Å². The summed E-state index contributed by atoms with van der Waals surface area (Å²) in [5, 5.41) is 0. The second-order valence-electron chi connectivity index (χ2n) is 11.6. The first-order chi connectivity index (χ1) is 13.7. The second kappa shape index (κ2) is 5.44. The number of allylic oxidation sites excluding steroid dienone is 3. The fourth-order valence-electron chi connectivity index (χ4n) is 7.52. The highest BCUT2D eigenvalue weighted by atomic mass is 16.7. The molecule has 0 N–H and O–H groups in total. The molecule has 0 aromatic heterocycles. The maximum absolute atomic E-state index is 13.0. The molecule has 4 nitrogen and oxygen atoms in total. The van der Waals surface area contributed by atoms with E-state index in [9.17, 15) is 4.79 Å². The smallest absolute Gasteiger partial charge is 0.171 e. The van der Waals surface area contributed by atoms with Crippen LogP contribution in [0, 0.1) is 22.7 Å². The van der Waals surface area contributed by atoms with Gasteiger partial charge in [0.05, 0.1) is 13.2 Å². The molecule has 0 amide bonds. The minimum Gasteiger partial charge on any atom is -0.358 e. The van der Waals surface area contributed by atoms with Gasteiger partial charge in [0.1, 0.15) is 11.2 Å². The maximum Gasteiger partial charge on any atom is 0.171 e. The lowest BCUT2D eigenvalue weighted by Crippen LogP contribution is -2.56. The number of carbonyl (C=O) groups excluding carboxylic acids is 1. The zero-order valence-corrected chi connectivity index (χ0v) is 18.3. The Morgan fingerprint density at radius 2 is 1.86 bits per heavy atom. The van der Waals surface area contributed by atoms with Gasteiger partial charge in [0, 0.05) is 23.7 Å². The number of epoxide rings is 1. The molecule has 5 atom stereocenters. The van der Waals surface area contributed by atoms with Gasteiger partial charge in [-0.2, -0.15) is 0 Å². The molecule has 0 aromatic rings. The van der Waals surface area contributed by atoms with Crippen LogP contribution in [0.4, 0.5) is 0 Å². The van der Waals surface area contributed by atoms with E-state index in [2.05, 4.69) is 26.8 Å². The summed E-state index contributed by atoms with van der Waals surface area (Å²) in [6.45, 7) is 10.2. The normalized spacial score (nSPS) is 50.4. The van der Waals surface area contributed by atoms with Crippen LogP contribution >= 0.6 is 0 Å². The minimum atomic E-state index is -0.451. The number of Topliss-reactive ketones (excluding diaryl/α,β-unsaturated/α-hetero) is 1. The number of carbonyl (C=O) groups is 1. The molecular formula is C25H34O4. The number of ketones is 1. The highest BCUT2D eigenvalue weighted by Crippen LogP contribution is 2.73. The molecular weight excluding hydrogens is 364 g/mol. The molecule has 0 unspecified atom stereocenters. The predicted molar refractivity (Wildman–Crippen MR) is 109 cm³/mol. The molecule has 2 aliphatic heterocycles. The molecule has 3 saturated carbocycles. The van der Waals surface area contributed by atoms with Gasteiger partial charge in [-0.05, 0) is 62.0 Å². The second-order valence-corrected chi connectivity index (χ2v) is 11.6. The summed E-state index contributed by atoms with van der Waals surface area (Å²) < 4.78 is 19.4. The first-order valence-electron chi connectivity index (χ1n) is 11.6. The fourth-order valence-corrected chi connectivity index (χ4v) is 7.52.